The Morgan fingerprint density at radius 3 is 3.00 bits per heavy atom. The zero-order chi connectivity index (χ0) is 11.5. The van der Waals surface area contributed by atoms with Crippen molar-refractivity contribution in [1.82, 2.24) is 14.3 Å². The lowest BCUT2D eigenvalue weighted by Gasteiger charge is -2.19. The molecule has 2 rings (SSSR count). The lowest BCUT2D eigenvalue weighted by Crippen LogP contribution is -2.30. The number of likely N-dealkylation sites (N-methyl/N-ethyl adjacent to an activating group) is 1. The molecule has 1 unspecified atom stereocenters. The number of rotatable bonds is 4. The lowest BCUT2D eigenvalue weighted by atomic mass is 10.3. The topological polar surface area (TPSA) is 32.6 Å². The van der Waals surface area contributed by atoms with E-state index in [1.807, 2.05) is 24.5 Å². The molecule has 0 fully saturated rings. The van der Waals surface area contributed by atoms with Gasteiger partial charge in [0, 0.05) is 25.0 Å². The molecule has 2 aromatic heterocycles. The summed E-state index contributed by atoms with van der Waals surface area (Å²) < 4.78 is 2.06. The van der Waals surface area contributed by atoms with E-state index in [9.17, 15) is 0 Å². The number of nitrogens with zero attached hydrogens (tertiary/aromatic N) is 3. The van der Waals surface area contributed by atoms with Gasteiger partial charge in [-0.25, -0.2) is 4.98 Å². The van der Waals surface area contributed by atoms with Crippen molar-refractivity contribution in [3.63, 3.8) is 0 Å². The number of hydrogen-bond acceptors (Lipinski definition) is 3. The number of imidazole rings is 1. The summed E-state index contributed by atoms with van der Waals surface area (Å²) >= 11 is 0. The molecule has 0 amide bonds. The summed E-state index contributed by atoms with van der Waals surface area (Å²) in [6.45, 7) is 3.18. The lowest BCUT2D eigenvalue weighted by molar-refractivity contribution is 0.392. The summed E-state index contributed by atoms with van der Waals surface area (Å²) in [6.07, 6.45) is 3.79. The Hall–Kier alpha value is -1.55. The molecule has 0 spiro atoms. The van der Waals surface area contributed by atoms with Crippen LogP contribution in [0.15, 0.2) is 30.6 Å². The molecule has 0 aliphatic rings. The Morgan fingerprint density at radius 2 is 2.25 bits per heavy atom. The number of nitrogens with one attached hydrogen (secondary N) is 1. The van der Waals surface area contributed by atoms with Crippen LogP contribution in [-0.2, 0) is 0 Å². The van der Waals surface area contributed by atoms with E-state index >= 15 is 0 Å². The monoisotopic (exact) mass is 218 g/mol. The van der Waals surface area contributed by atoms with Gasteiger partial charge in [-0.05, 0) is 33.2 Å². The van der Waals surface area contributed by atoms with Crippen molar-refractivity contribution in [3.8, 4) is 0 Å². The first-order valence-corrected chi connectivity index (χ1v) is 5.50. The smallest absolute Gasteiger partial charge is 0.138 e. The molecule has 2 heterocycles. The maximum atomic E-state index is 4.26. The van der Waals surface area contributed by atoms with E-state index in [1.54, 1.807) is 0 Å². The molecular weight excluding hydrogens is 200 g/mol. The molecule has 16 heavy (non-hydrogen) atoms. The number of pyridine rings is 1. The fraction of sp³-hybridized carbons (Fsp3) is 0.417. The number of aromatic nitrogens is 2. The summed E-state index contributed by atoms with van der Waals surface area (Å²) in [5.41, 5.74) is 0.974. The highest BCUT2D eigenvalue weighted by molar-refractivity contribution is 5.50. The Balaban J connectivity index is 2.17. The van der Waals surface area contributed by atoms with Gasteiger partial charge in [-0.1, -0.05) is 6.07 Å². The van der Waals surface area contributed by atoms with Gasteiger partial charge < -0.3 is 10.2 Å². The molecule has 86 valence electrons. The highest BCUT2D eigenvalue weighted by Gasteiger charge is 2.05. The number of anilines is 1. The Kier molecular flexibility index (Phi) is 3.10. The minimum Gasteiger partial charge on any atom is -0.367 e. The Morgan fingerprint density at radius 1 is 1.44 bits per heavy atom. The van der Waals surface area contributed by atoms with Crippen molar-refractivity contribution in [2.75, 3.05) is 26.0 Å². The largest absolute Gasteiger partial charge is 0.367 e. The van der Waals surface area contributed by atoms with Gasteiger partial charge in [0.15, 0.2) is 0 Å². The van der Waals surface area contributed by atoms with Gasteiger partial charge in [-0.3, -0.25) is 4.40 Å². The summed E-state index contributed by atoms with van der Waals surface area (Å²) in [4.78, 5) is 6.43. The van der Waals surface area contributed by atoms with Crippen molar-refractivity contribution in [2.45, 2.75) is 13.0 Å². The van der Waals surface area contributed by atoms with Crippen LogP contribution in [0.1, 0.15) is 6.92 Å². The summed E-state index contributed by atoms with van der Waals surface area (Å²) in [7, 11) is 4.16. The van der Waals surface area contributed by atoms with Crippen LogP contribution in [0.3, 0.4) is 0 Å². The highest BCUT2D eigenvalue weighted by atomic mass is 15.1. The third-order valence-corrected chi connectivity index (χ3v) is 2.46. The van der Waals surface area contributed by atoms with Gasteiger partial charge in [0.05, 0.1) is 0 Å². The molecule has 0 aromatic carbocycles. The maximum Gasteiger partial charge on any atom is 0.138 e. The first kappa shape index (κ1) is 11.0. The molecular formula is C12H18N4. The molecule has 0 saturated carbocycles. The molecule has 1 atom stereocenters. The third kappa shape index (κ3) is 2.33. The molecule has 0 radical (unpaired) electrons. The summed E-state index contributed by atoms with van der Waals surface area (Å²) in [6, 6.07) is 6.50. The van der Waals surface area contributed by atoms with Crippen LogP contribution < -0.4 is 5.32 Å². The summed E-state index contributed by atoms with van der Waals surface area (Å²) in [5.74, 6) is 1.09. The molecule has 1 N–H and O–H groups in total. The summed E-state index contributed by atoms with van der Waals surface area (Å²) in [5, 5.41) is 3.48. The second-order valence-corrected chi connectivity index (χ2v) is 4.37. The third-order valence-electron chi connectivity index (χ3n) is 2.46. The maximum absolute atomic E-state index is 4.26. The molecule has 4 nitrogen and oxygen atoms in total. The second-order valence-electron chi connectivity index (χ2n) is 4.37. The van der Waals surface area contributed by atoms with Crippen molar-refractivity contribution >= 4 is 11.5 Å². The van der Waals surface area contributed by atoms with Crippen LogP contribution in [0.25, 0.3) is 5.65 Å². The highest BCUT2D eigenvalue weighted by Crippen LogP contribution is 2.11. The van der Waals surface area contributed by atoms with E-state index in [4.69, 9.17) is 0 Å². The average molecular weight is 218 g/mol. The minimum atomic E-state index is 0.406. The van der Waals surface area contributed by atoms with Gasteiger partial charge >= 0.3 is 0 Å². The zero-order valence-electron chi connectivity index (χ0n) is 10.0. The normalized spacial score (nSPS) is 13.2. The fourth-order valence-electron chi connectivity index (χ4n) is 1.91. The number of fused-ring (bicyclic) bond motifs is 1. The van der Waals surface area contributed by atoms with Crippen molar-refractivity contribution in [1.29, 1.82) is 0 Å². The predicted molar refractivity (Wildman–Crippen MR) is 66.8 cm³/mol. The van der Waals surface area contributed by atoms with Crippen molar-refractivity contribution < 1.29 is 0 Å². The van der Waals surface area contributed by atoms with Crippen LogP contribution in [0.2, 0.25) is 0 Å². The Labute approximate surface area is 95.9 Å². The van der Waals surface area contributed by atoms with Gasteiger partial charge in [0.25, 0.3) is 0 Å². The van der Waals surface area contributed by atoms with Crippen LogP contribution in [0.4, 0.5) is 5.82 Å². The van der Waals surface area contributed by atoms with Gasteiger partial charge in [0.1, 0.15) is 11.5 Å². The standard InChI is InChI=1S/C12H18N4/c1-10(9-15(2)3)14-12-6-4-5-11-13-7-8-16(11)12/h4-8,10,14H,9H2,1-3H3. The van der Waals surface area contributed by atoms with Crippen molar-refractivity contribution in [3.05, 3.63) is 30.6 Å². The molecule has 0 aliphatic carbocycles. The molecule has 0 saturated heterocycles. The van der Waals surface area contributed by atoms with Crippen LogP contribution in [0.5, 0.6) is 0 Å². The first-order chi connectivity index (χ1) is 7.66. The Bertz CT molecular complexity index is 461. The number of hydrogen-bond donors (Lipinski definition) is 1. The first-order valence-electron chi connectivity index (χ1n) is 5.50. The van der Waals surface area contributed by atoms with Crippen LogP contribution in [0, 0.1) is 0 Å². The van der Waals surface area contributed by atoms with E-state index in [1.165, 1.54) is 0 Å². The average Bonchev–Trinajstić information content (AvgIpc) is 2.65. The zero-order valence-corrected chi connectivity index (χ0v) is 10.0. The van der Waals surface area contributed by atoms with E-state index in [-0.39, 0.29) is 0 Å². The van der Waals surface area contributed by atoms with Gasteiger partial charge in [-0.2, -0.15) is 0 Å². The predicted octanol–water partition coefficient (Wildman–Crippen LogP) is 1.70. The second kappa shape index (κ2) is 4.53. The van der Waals surface area contributed by atoms with E-state index in [0.717, 1.165) is 18.0 Å². The van der Waals surface area contributed by atoms with Crippen LogP contribution >= 0.6 is 0 Å². The van der Waals surface area contributed by atoms with Crippen LogP contribution in [-0.4, -0.2) is 41.0 Å². The minimum absolute atomic E-state index is 0.406. The molecule has 0 bridgehead atoms. The van der Waals surface area contributed by atoms with Gasteiger partial charge in [-0.15, -0.1) is 0 Å². The van der Waals surface area contributed by atoms with E-state index < -0.39 is 0 Å². The quantitative estimate of drug-likeness (QED) is 0.847. The van der Waals surface area contributed by atoms with Gasteiger partial charge in [0.2, 0.25) is 0 Å². The SMILES string of the molecule is CC(CN(C)C)Nc1cccc2nccn12. The van der Waals surface area contributed by atoms with E-state index in [2.05, 4.69) is 46.7 Å². The van der Waals surface area contributed by atoms with E-state index in [0.29, 0.717) is 6.04 Å². The molecule has 0 aliphatic heterocycles. The fourth-order valence-corrected chi connectivity index (χ4v) is 1.91. The molecule has 4 heteroatoms. The van der Waals surface area contributed by atoms with Crippen molar-refractivity contribution in [2.24, 2.45) is 0 Å². The molecule has 2 aromatic rings.